The van der Waals surface area contributed by atoms with Gasteiger partial charge in [-0.25, -0.2) is 15.2 Å². The molecule has 3 amide bonds. The minimum absolute atomic E-state index is 0.218. The smallest absolute Gasteiger partial charge is 0.326 e. The van der Waals surface area contributed by atoms with Gasteiger partial charge < -0.3 is 10.4 Å². The second kappa shape index (κ2) is 7.22. The Morgan fingerprint density at radius 2 is 1.71 bits per heavy atom. The molecule has 8 heteroatoms. The number of carboxylic acid groups (broad SMARTS) is 1. The van der Waals surface area contributed by atoms with Crippen molar-refractivity contribution in [1.82, 2.24) is 15.8 Å². The van der Waals surface area contributed by atoms with Crippen LogP contribution in [0.3, 0.4) is 0 Å². The van der Waals surface area contributed by atoms with Gasteiger partial charge in [-0.05, 0) is 24.5 Å². The fraction of sp³-hybridized carbons (Fsp3) is 0.375. The van der Waals surface area contributed by atoms with Crippen molar-refractivity contribution in [2.24, 2.45) is 5.92 Å². The predicted molar refractivity (Wildman–Crippen MR) is 84.0 cm³/mol. The van der Waals surface area contributed by atoms with Gasteiger partial charge in [-0.3, -0.25) is 14.4 Å². The molecular formula is C16H19N3O5. The number of carboxylic acids is 1. The molecule has 2 unspecified atom stereocenters. The van der Waals surface area contributed by atoms with Crippen LogP contribution in [0.4, 0.5) is 0 Å². The van der Waals surface area contributed by atoms with E-state index < -0.39 is 29.7 Å². The molecule has 0 radical (unpaired) electrons. The van der Waals surface area contributed by atoms with Gasteiger partial charge in [0.25, 0.3) is 11.8 Å². The number of benzene rings is 1. The third-order valence-electron chi connectivity index (χ3n) is 3.86. The molecule has 3 N–H and O–H groups in total. The third-order valence-corrected chi connectivity index (χ3v) is 3.86. The molecular weight excluding hydrogens is 314 g/mol. The minimum Gasteiger partial charge on any atom is -0.480 e. The van der Waals surface area contributed by atoms with E-state index in [-0.39, 0.29) is 12.5 Å². The van der Waals surface area contributed by atoms with Crippen LogP contribution in [0, 0.1) is 5.92 Å². The largest absolute Gasteiger partial charge is 0.480 e. The summed E-state index contributed by atoms with van der Waals surface area (Å²) in [7, 11) is 0. The first-order valence-corrected chi connectivity index (χ1v) is 7.54. The molecule has 0 saturated carbocycles. The summed E-state index contributed by atoms with van der Waals surface area (Å²) in [5.74, 6) is -2.80. The van der Waals surface area contributed by atoms with Crippen LogP contribution in [0.15, 0.2) is 24.3 Å². The minimum atomic E-state index is -1.13. The van der Waals surface area contributed by atoms with Crippen LogP contribution in [-0.2, 0) is 9.59 Å². The Morgan fingerprint density at radius 1 is 1.17 bits per heavy atom. The maximum absolute atomic E-state index is 12.2. The van der Waals surface area contributed by atoms with Crippen LogP contribution in [-0.4, -0.2) is 46.4 Å². The molecule has 0 fully saturated rings. The van der Waals surface area contributed by atoms with E-state index in [4.69, 9.17) is 5.11 Å². The molecule has 2 rings (SSSR count). The SMILES string of the molecule is CC(=O)NC(C(=O)O)C(C)CCNN1C(=O)c2ccccc2C1=O. The molecule has 24 heavy (non-hydrogen) atoms. The van der Waals surface area contributed by atoms with Gasteiger partial charge in [-0.15, -0.1) is 0 Å². The Balaban J connectivity index is 1.93. The molecule has 0 spiro atoms. The van der Waals surface area contributed by atoms with E-state index in [1.54, 1.807) is 31.2 Å². The zero-order chi connectivity index (χ0) is 17.9. The summed E-state index contributed by atoms with van der Waals surface area (Å²) < 4.78 is 0. The van der Waals surface area contributed by atoms with Gasteiger partial charge in [0.15, 0.2) is 0 Å². The Labute approximate surface area is 138 Å². The molecule has 1 aromatic rings. The van der Waals surface area contributed by atoms with Gasteiger partial charge in [0.05, 0.1) is 11.1 Å². The zero-order valence-corrected chi connectivity index (χ0v) is 13.4. The Morgan fingerprint density at radius 3 is 2.17 bits per heavy atom. The maximum atomic E-state index is 12.2. The first-order chi connectivity index (χ1) is 11.3. The van der Waals surface area contributed by atoms with Crippen molar-refractivity contribution in [1.29, 1.82) is 0 Å². The summed E-state index contributed by atoms with van der Waals surface area (Å²) in [6.07, 6.45) is 0.352. The molecule has 128 valence electrons. The van der Waals surface area contributed by atoms with Gasteiger partial charge >= 0.3 is 5.97 Å². The lowest BCUT2D eigenvalue weighted by atomic mass is 9.98. The van der Waals surface area contributed by atoms with Crippen molar-refractivity contribution in [3.63, 3.8) is 0 Å². The van der Waals surface area contributed by atoms with E-state index in [2.05, 4.69) is 10.7 Å². The number of fused-ring (bicyclic) bond motifs is 1. The van der Waals surface area contributed by atoms with Gasteiger partial charge in [0.1, 0.15) is 6.04 Å². The molecule has 2 atom stereocenters. The lowest BCUT2D eigenvalue weighted by Gasteiger charge is -2.22. The molecule has 0 bridgehead atoms. The Hall–Kier alpha value is -2.74. The number of hydrogen-bond donors (Lipinski definition) is 3. The summed E-state index contributed by atoms with van der Waals surface area (Å²) in [5.41, 5.74) is 3.41. The fourth-order valence-corrected chi connectivity index (χ4v) is 2.57. The fourth-order valence-electron chi connectivity index (χ4n) is 2.57. The van der Waals surface area contributed by atoms with Crippen LogP contribution in [0.2, 0.25) is 0 Å². The number of nitrogens with one attached hydrogen (secondary N) is 2. The van der Waals surface area contributed by atoms with Crippen LogP contribution >= 0.6 is 0 Å². The van der Waals surface area contributed by atoms with E-state index in [9.17, 15) is 19.2 Å². The number of rotatable bonds is 7. The molecule has 8 nitrogen and oxygen atoms in total. The van der Waals surface area contributed by atoms with Crippen LogP contribution < -0.4 is 10.7 Å². The highest BCUT2D eigenvalue weighted by Crippen LogP contribution is 2.20. The van der Waals surface area contributed by atoms with E-state index in [0.29, 0.717) is 17.5 Å². The number of carbonyl (C=O) groups excluding carboxylic acids is 3. The normalized spacial score (nSPS) is 15.8. The molecule has 0 saturated heterocycles. The average molecular weight is 333 g/mol. The number of carbonyl (C=O) groups is 4. The zero-order valence-electron chi connectivity index (χ0n) is 13.4. The van der Waals surface area contributed by atoms with E-state index in [1.165, 1.54) is 6.92 Å². The van der Waals surface area contributed by atoms with Crippen molar-refractivity contribution >= 4 is 23.7 Å². The van der Waals surface area contributed by atoms with Crippen LogP contribution in [0.1, 0.15) is 41.0 Å². The Kier molecular flexibility index (Phi) is 5.30. The number of nitrogens with zero attached hydrogens (tertiary/aromatic N) is 1. The molecule has 1 aliphatic heterocycles. The summed E-state index contributed by atoms with van der Waals surface area (Å²) in [6, 6.07) is 5.50. The van der Waals surface area contributed by atoms with Crippen LogP contribution in [0.25, 0.3) is 0 Å². The second-order valence-corrected chi connectivity index (χ2v) is 5.68. The highest BCUT2D eigenvalue weighted by Gasteiger charge is 2.35. The summed E-state index contributed by atoms with van der Waals surface area (Å²) >= 11 is 0. The third kappa shape index (κ3) is 3.60. The van der Waals surface area contributed by atoms with Crippen molar-refractivity contribution in [2.75, 3.05) is 6.54 Å². The molecule has 0 aromatic heterocycles. The number of amides is 3. The summed E-state index contributed by atoms with van der Waals surface area (Å²) in [4.78, 5) is 46.6. The maximum Gasteiger partial charge on any atom is 0.326 e. The van der Waals surface area contributed by atoms with Crippen molar-refractivity contribution < 1.29 is 24.3 Å². The standard InChI is InChI=1S/C16H19N3O5/c1-9(13(16(23)24)18-10(2)20)7-8-17-19-14(21)11-5-3-4-6-12(11)15(19)22/h3-6,9,13,17H,7-8H2,1-2H3,(H,18,20)(H,23,24). The lowest BCUT2D eigenvalue weighted by molar-refractivity contribution is -0.143. The molecule has 1 aromatic carbocycles. The van der Waals surface area contributed by atoms with Gasteiger partial charge in [0.2, 0.25) is 5.91 Å². The second-order valence-electron chi connectivity index (χ2n) is 5.68. The Bertz CT molecular complexity index is 653. The predicted octanol–water partition coefficient (Wildman–Crippen LogP) is 0.403. The quantitative estimate of drug-likeness (QED) is 0.622. The van der Waals surface area contributed by atoms with Gasteiger partial charge in [-0.1, -0.05) is 19.1 Å². The van der Waals surface area contributed by atoms with Crippen molar-refractivity contribution in [3.8, 4) is 0 Å². The number of aliphatic carboxylic acids is 1. The lowest BCUT2D eigenvalue weighted by Crippen LogP contribution is -2.47. The van der Waals surface area contributed by atoms with Gasteiger partial charge in [0, 0.05) is 13.5 Å². The summed E-state index contributed by atoms with van der Waals surface area (Å²) in [6.45, 7) is 3.15. The molecule has 1 heterocycles. The number of hydrogen-bond acceptors (Lipinski definition) is 5. The van der Waals surface area contributed by atoms with E-state index in [1.807, 2.05) is 0 Å². The molecule has 0 aliphatic carbocycles. The van der Waals surface area contributed by atoms with E-state index >= 15 is 0 Å². The highest BCUT2D eigenvalue weighted by molar-refractivity contribution is 6.20. The summed E-state index contributed by atoms with van der Waals surface area (Å²) in [5, 5.41) is 12.5. The van der Waals surface area contributed by atoms with Crippen LogP contribution in [0.5, 0.6) is 0 Å². The first-order valence-electron chi connectivity index (χ1n) is 7.54. The monoisotopic (exact) mass is 333 g/mol. The highest BCUT2D eigenvalue weighted by atomic mass is 16.4. The topological polar surface area (TPSA) is 116 Å². The van der Waals surface area contributed by atoms with E-state index in [0.717, 1.165) is 5.01 Å². The first kappa shape index (κ1) is 17.6. The number of imide groups is 1. The van der Waals surface area contributed by atoms with Crippen molar-refractivity contribution in [3.05, 3.63) is 35.4 Å². The number of hydrazine groups is 1. The average Bonchev–Trinajstić information content (AvgIpc) is 2.77. The van der Waals surface area contributed by atoms with Gasteiger partial charge in [-0.2, -0.15) is 0 Å². The van der Waals surface area contributed by atoms with Crippen molar-refractivity contribution in [2.45, 2.75) is 26.3 Å². The molecule has 1 aliphatic rings.